The summed E-state index contributed by atoms with van der Waals surface area (Å²) in [7, 11) is 0. The van der Waals surface area contributed by atoms with E-state index >= 15 is 0 Å². The van der Waals surface area contributed by atoms with E-state index in [1.54, 1.807) is 6.33 Å². The van der Waals surface area contributed by atoms with E-state index < -0.39 is 0 Å². The summed E-state index contributed by atoms with van der Waals surface area (Å²) in [5, 5.41) is 2.81. The maximum absolute atomic E-state index is 11.2. The number of aromatic nitrogens is 3. The van der Waals surface area contributed by atoms with Crippen LogP contribution >= 0.6 is 15.9 Å². The second-order valence-electron chi connectivity index (χ2n) is 4.64. The fourth-order valence-electron chi connectivity index (χ4n) is 2.20. The maximum atomic E-state index is 11.2. The van der Waals surface area contributed by atoms with Gasteiger partial charge in [-0.3, -0.25) is 4.79 Å². The molecule has 2 aromatic rings. The van der Waals surface area contributed by atoms with Crippen LogP contribution in [0.1, 0.15) is 13.3 Å². The zero-order valence-electron chi connectivity index (χ0n) is 10.3. The minimum Gasteiger partial charge on any atom is -0.473 e. The van der Waals surface area contributed by atoms with Crippen LogP contribution in [0, 0.1) is 5.92 Å². The highest BCUT2D eigenvalue weighted by atomic mass is 79.9. The molecule has 7 heteroatoms. The van der Waals surface area contributed by atoms with Crippen molar-refractivity contribution >= 4 is 32.9 Å². The van der Waals surface area contributed by atoms with Crippen LogP contribution in [0.5, 0.6) is 5.88 Å². The molecule has 0 bridgehead atoms. The Bertz CT molecular complexity index is 627. The second kappa shape index (κ2) is 4.80. The summed E-state index contributed by atoms with van der Waals surface area (Å²) >= 11 is 3.35. The van der Waals surface area contributed by atoms with E-state index in [-0.39, 0.29) is 17.9 Å². The third kappa shape index (κ3) is 2.42. The molecule has 2 aromatic heterocycles. The summed E-state index contributed by atoms with van der Waals surface area (Å²) in [4.78, 5) is 22.8. The number of nitrogens with one attached hydrogen (secondary N) is 2. The molecule has 3 heterocycles. The van der Waals surface area contributed by atoms with Gasteiger partial charge in [0.25, 0.3) is 0 Å². The SMILES string of the molecule is C[C@@H](Oc1nc(Br)cc2[nH]cnc12)[C@H]1CNC(=O)C1. The third-order valence-corrected chi connectivity index (χ3v) is 3.72. The van der Waals surface area contributed by atoms with E-state index in [2.05, 4.69) is 36.2 Å². The highest BCUT2D eigenvalue weighted by molar-refractivity contribution is 9.10. The van der Waals surface area contributed by atoms with Crippen LogP contribution in [0.25, 0.3) is 11.0 Å². The molecule has 2 atom stereocenters. The van der Waals surface area contributed by atoms with Crippen LogP contribution in [0.3, 0.4) is 0 Å². The zero-order valence-corrected chi connectivity index (χ0v) is 11.9. The van der Waals surface area contributed by atoms with E-state index in [1.807, 2.05) is 13.0 Å². The number of aromatic amines is 1. The van der Waals surface area contributed by atoms with Crippen molar-refractivity contribution in [2.45, 2.75) is 19.4 Å². The third-order valence-electron chi connectivity index (χ3n) is 3.31. The molecular weight excluding hydrogens is 312 g/mol. The lowest BCUT2D eigenvalue weighted by Crippen LogP contribution is -2.26. The molecule has 100 valence electrons. The number of fused-ring (bicyclic) bond motifs is 1. The Morgan fingerprint density at radius 1 is 1.58 bits per heavy atom. The average molecular weight is 325 g/mol. The molecule has 2 N–H and O–H groups in total. The number of halogens is 1. The zero-order chi connectivity index (χ0) is 13.4. The van der Waals surface area contributed by atoms with Crippen molar-refractivity contribution in [3.05, 3.63) is 17.0 Å². The van der Waals surface area contributed by atoms with Gasteiger partial charge < -0.3 is 15.0 Å². The number of carbonyl (C=O) groups is 1. The summed E-state index contributed by atoms with van der Waals surface area (Å²) in [6.07, 6.45) is 2.01. The minimum absolute atomic E-state index is 0.0765. The fraction of sp³-hybridized carbons (Fsp3) is 0.417. The van der Waals surface area contributed by atoms with Crippen molar-refractivity contribution < 1.29 is 9.53 Å². The largest absolute Gasteiger partial charge is 0.473 e. The molecule has 1 amide bonds. The predicted molar refractivity (Wildman–Crippen MR) is 72.8 cm³/mol. The van der Waals surface area contributed by atoms with E-state index in [0.29, 0.717) is 29.0 Å². The van der Waals surface area contributed by atoms with E-state index in [4.69, 9.17) is 4.74 Å². The molecule has 19 heavy (non-hydrogen) atoms. The molecule has 0 spiro atoms. The Hall–Kier alpha value is -1.63. The van der Waals surface area contributed by atoms with Crippen LogP contribution in [0.2, 0.25) is 0 Å². The first-order chi connectivity index (χ1) is 9.13. The van der Waals surface area contributed by atoms with Crippen molar-refractivity contribution in [3.63, 3.8) is 0 Å². The number of H-pyrrole nitrogens is 1. The second-order valence-corrected chi connectivity index (χ2v) is 5.45. The lowest BCUT2D eigenvalue weighted by atomic mass is 10.0. The van der Waals surface area contributed by atoms with E-state index in [1.165, 1.54) is 0 Å². The van der Waals surface area contributed by atoms with Crippen molar-refractivity contribution in [2.75, 3.05) is 6.54 Å². The highest BCUT2D eigenvalue weighted by Gasteiger charge is 2.28. The molecule has 1 aliphatic heterocycles. The van der Waals surface area contributed by atoms with Crippen molar-refractivity contribution in [1.82, 2.24) is 20.3 Å². The fourth-order valence-corrected chi connectivity index (χ4v) is 2.59. The Labute approximate surface area is 118 Å². The smallest absolute Gasteiger partial charge is 0.243 e. The first kappa shape index (κ1) is 12.4. The minimum atomic E-state index is -0.0966. The Morgan fingerprint density at radius 2 is 2.42 bits per heavy atom. The standard InChI is InChI=1S/C12H13BrN4O2/c1-6(7-2-10(18)14-4-7)19-12-11-8(15-5-16-11)3-9(13)17-12/h3,5-7H,2,4H2,1H3,(H,14,18)(H,15,16)/t6-,7-/m1/s1. The van der Waals surface area contributed by atoms with Gasteiger partial charge in [-0.2, -0.15) is 0 Å². The number of amides is 1. The van der Waals surface area contributed by atoms with Gasteiger partial charge in [0.1, 0.15) is 10.7 Å². The van der Waals surface area contributed by atoms with Crippen LogP contribution in [0.4, 0.5) is 0 Å². The van der Waals surface area contributed by atoms with Gasteiger partial charge in [0, 0.05) is 18.9 Å². The molecule has 3 rings (SSSR count). The number of nitrogens with zero attached hydrogens (tertiary/aromatic N) is 2. The first-order valence-electron chi connectivity index (χ1n) is 6.06. The predicted octanol–water partition coefficient (Wildman–Crippen LogP) is 1.62. The van der Waals surface area contributed by atoms with E-state index in [9.17, 15) is 4.79 Å². The lowest BCUT2D eigenvalue weighted by Gasteiger charge is -2.19. The lowest BCUT2D eigenvalue weighted by molar-refractivity contribution is -0.119. The normalized spacial score (nSPS) is 20.5. The Morgan fingerprint density at radius 3 is 3.16 bits per heavy atom. The summed E-state index contributed by atoms with van der Waals surface area (Å²) in [6.45, 7) is 2.60. The van der Waals surface area contributed by atoms with Gasteiger partial charge in [0.2, 0.25) is 11.8 Å². The molecule has 6 nitrogen and oxygen atoms in total. The summed E-state index contributed by atoms with van der Waals surface area (Å²) in [5.41, 5.74) is 1.57. The molecule has 0 radical (unpaired) electrons. The van der Waals surface area contributed by atoms with Gasteiger partial charge in [-0.15, -0.1) is 0 Å². The van der Waals surface area contributed by atoms with Crippen molar-refractivity contribution in [3.8, 4) is 5.88 Å². The van der Waals surface area contributed by atoms with Gasteiger partial charge in [0.15, 0.2) is 5.52 Å². The maximum Gasteiger partial charge on any atom is 0.243 e. The molecule has 1 saturated heterocycles. The van der Waals surface area contributed by atoms with Crippen LogP contribution in [-0.4, -0.2) is 33.5 Å². The van der Waals surface area contributed by atoms with Gasteiger partial charge in [0.05, 0.1) is 11.8 Å². The Balaban J connectivity index is 1.84. The van der Waals surface area contributed by atoms with Crippen LogP contribution in [-0.2, 0) is 4.79 Å². The number of carbonyl (C=O) groups excluding carboxylic acids is 1. The molecule has 1 aliphatic rings. The summed E-state index contributed by atoms with van der Waals surface area (Å²) < 4.78 is 6.57. The summed E-state index contributed by atoms with van der Waals surface area (Å²) in [5.74, 6) is 0.729. The molecule has 0 saturated carbocycles. The van der Waals surface area contributed by atoms with E-state index in [0.717, 1.165) is 5.52 Å². The van der Waals surface area contributed by atoms with Crippen molar-refractivity contribution in [1.29, 1.82) is 0 Å². The molecule has 0 aromatic carbocycles. The number of hydrogen-bond acceptors (Lipinski definition) is 4. The average Bonchev–Trinajstić information content (AvgIpc) is 2.97. The molecular formula is C12H13BrN4O2. The number of hydrogen-bond donors (Lipinski definition) is 2. The van der Waals surface area contributed by atoms with Gasteiger partial charge in [-0.25, -0.2) is 9.97 Å². The number of pyridine rings is 1. The summed E-state index contributed by atoms with van der Waals surface area (Å²) in [6, 6.07) is 1.85. The van der Waals surface area contributed by atoms with Crippen LogP contribution < -0.4 is 10.1 Å². The van der Waals surface area contributed by atoms with Gasteiger partial charge in [-0.1, -0.05) is 0 Å². The topological polar surface area (TPSA) is 79.9 Å². The number of rotatable bonds is 3. The number of imidazole rings is 1. The van der Waals surface area contributed by atoms with Gasteiger partial charge in [-0.05, 0) is 28.9 Å². The monoisotopic (exact) mass is 324 g/mol. The Kier molecular flexibility index (Phi) is 3.14. The van der Waals surface area contributed by atoms with Gasteiger partial charge >= 0.3 is 0 Å². The highest BCUT2D eigenvalue weighted by Crippen LogP contribution is 2.27. The molecule has 0 unspecified atom stereocenters. The molecule has 0 aliphatic carbocycles. The molecule has 1 fully saturated rings. The quantitative estimate of drug-likeness (QED) is 0.841. The first-order valence-corrected chi connectivity index (χ1v) is 6.86. The van der Waals surface area contributed by atoms with Crippen LogP contribution in [0.15, 0.2) is 17.0 Å². The van der Waals surface area contributed by atoms with Crippen molar-refractivity contribution in [2.24, 2.45) is 5.92 Å². The number of ether oxygens (including phenoxy) is 1.